The van der Waals surface area contributed by atoms with Crippen LogP contribution < -0.4 is 10.1 Å². The van der Waals surface area contributed by atoms with Gasteiger partial charge < -0.3 is 14.8 Å². The molecule has 0 aliphatic carbocycles. The molecule has 1 amide bonds. The molecule has 1 fully saturated rings. The highest BCUT2D eigenvalue weighted by molar-refractivity contribution is 14.1. The third kappa shape index (κ3) is 7.99. The van der Waals surface area contributed by atoms with Gasteiger partial charge in [0.05, 0.1) is 25.2 Å². The number of anilines is 1. The van der Waals surface area contributed by atoms with Gasteiger partial charge in [-0.05, 0) is 72.0 Å². The van der Waals surface area contributed by atoms with Crippen molar-refractivity contribution in [3.05, 3.63) is 57.7 Å². The molecule has 2 aromatic rings. The predicted octanol–water partition coefficient (Wildman–Crippen LogP) is 3.91. The molecular weight excluding hydrogens is 523 g/mol. The van der Waals surface area contributed by atoms with Gasteiger partial charge in [0.25, 0.3) is 5.91 Å². The van der Waals surface area contributed by atoms with E-state index >= 15 is 0 Å². The van der Waals surface area contributed by atoms with Gasteiger partial charge in [-0.3, -0.25) is 19.3 Å². The molecule has 1 aliphatic heterocycles. The molecule has 7 nitrogen and oxygen atoms in total. The van der Waals surface area contributed by atoms with Crippen molar-refractivity contribution in [2.75, 3.05) is 38.2 Å². The zero-order valence-electron chi connectivity index (χ0n) is 17.8. The first-order valence-electron chi connectivity index (χ1n) is 10.7. The number of benzene rings is 2. The number of morpholine rings is 1. The number of para-hydroxylation sites is 1. The first kappa shape index (κ1) is 24.3. The summed E-state index contributed by atoms with van der Waals surface area (Å²) in [7, 11) is 0. The van der Waals surface area contributed by atoms with Gasteiger partial charge in [0.1, 0.15) is 11.5 Å². The van der Waals surface area contributed by atoms with Gasteiger partial charge >= 0.3 is 5.97 Å². The molecule has 0 aromatic heterocycles. The van der Waals surface area contributed by atoms with Crippen LogP contribution in [0.1, 0.15) is 36.0 Å². The van der Waals surface area contributed by atoms with Gasteiger partial charge in [-0.25, -0.2) is 0 Å². The Balaban J connectivity index is 1.44. The van der Waals surface area contributed by atoms with Crippen LogP contribution in [0.15, 0.2) is 48.5 Å². The zero-order chi connectivity index (χ0) is 22.8. The van der Waals surface area contributed by atoms with Crippen LogP contribution in [0.2, 0.25) is 0 Å². The highest BCUT2D eigenvalue weighted by Crippen LogP contribution is 2.21. The predicted molar refractivity (Wildman–Crippen MR) is 130 cm³/mol. The van der Waals surface area contributed by atoms with Crippen LogP contribution in [0.3, 0.4) is 0 Å². The second-order valence-corrected chi connectivity index (χ2v) is 8.77. The number of halogens is 1. The largest absolute Gasteiger partial charge is 0.426 e. The smallest absolute Gasteiger partial charge is 0.311 e. The summed E-state index contributed by atoms with van der Waals surface area (Å²) in [4.78, 5) is 39.3. The van der Waals surface area contributed by atoms with Crippen molar-refractivity contribution in [1.29, 1.82) is 0 Å². The minimum Gasteiger partial charge on any atom is -0.426 e. The summed E-state index contributed by atoms with van der Waals surface area (Å²) < 4.78 is 11.8. The number of amides is 1. The number of rotatable bonds is 10. The molecule has 0 saturated carbocycles. The van der Waals surface area contributed by atoms with Crippen molar-refractivity contribution >= 4 is 45.9 Å². The van der Waals surface area contributed by atoms with E-state index in [1.54, 1.807) is 36.4 Å². The van der Waals surface area contributed by atoms with E-state index in [0.29, 0.717) is 12.1 Å². The number of carbonyl (C=O) groups excluding carboxylic acids is 3. The number of ether oxygens (including phenoxy) is 2. The SMILES string of the molecule is O=C(CCCN1CCOCC1)CCC(=O)Oc1ccccc1C(=O)Nc1ccc(I)cc1. The summed E-state index contributed by atoms with van der Waals surface area (Å²) in [5.41, 5.74) is 0.912. The summed E-state index contributed by atoms with van der Waals surface area (Å²) in [5, 5.41) is 2.80. The van der Waals surface area contributed by atoms with E-state index in [9.17, 15) is 14.4 Å². The molecule has 1 aliphatic rings. The number of hydrogen-bond acceptors (Lipinski definition) is 6. The molecule has 2 aromatic carbocycles. The summed E-state index contributed by atoms with van der Waals surface area (Å²) in [6.45, 7) is 4.14. The highest BCUT2D eigenvalue weighted by Gasteiger charge is 2.17. The Bertz CT molecular complexity index is 926. The Hall–Kier alpha value is -2.30. The minimum atomic E-state index is -0.527. The Morgan fingerprint density at radius 1 is 0.969 bits per heavy atom. The lowest BCUT2D eigenvalue weighted by Gasteiger charge is -2.26. The average Bonchev–Trinajstić information content (AvgIpc) is 2.80. The summed E-state index contributed by atoms with van der Waals surface area (Å²) in [6, 6.07) is 14.0. The molecule has 1 saturated heterocycles. The summed E-state index contributed by atoms with van der Waals surface area (Å²) in [5.74, 6) is -0.671. The molecule has 0 unspecified atom stereocenters. The van der Waals surface area contributed by atoms with Gasteiger partial charge in [0.15, 0.2) is 0 Å². The Morgan fingerprint density at radius 3 is 2.44 bits per heavy atom. The standard InChI is InChI=1S/C24H27IN2O5/c25-18-7-9-19(10-8-18)26-24(30)21-5-1-2-6-22(21)32-23(29)12-11-20(28)4-3-13-27-14-16-31-17-15-27/h1-2,5-10H,3-4,11-17H2,(H,26,30). The Morgan fingerprint density at radius 2 is 1.69 bits per heavy atom. The number of Topliss-reactive ketones (excluding diaryl/α,β-unsaturated/α-hetero) is 1. The van der Waals surface area contributed by atoms with Crippen LogP contribution >= 0.6 is 22.6 Å². The number of esters is 1. The molecule has 0 atom stereocenters. The minimum absolute atomic E-state index is 0.0105. The molecule has 0 radical (unpaired) electrons. The van der Waals surface area contributed by atoms with Crippen LogP contribution in [-0.4, -0.2) is 55.4 Å². The maximum absolute atomic E-state index is 12.6. The molecule has 1 N–H and O–H groups in total. The molecule has 0 bridgehead atoms. The van der Waals surface area contributed by atoms with Gasteiger partial charge in [-0.2, -0.15) is 0 Å². The van der Waals surface area contributed by atoms with Crippen molar-refractivity contribution in [2.24, 2.45) is 0 Å². The lowest BCUT2D eigenvalue weighted by molar-refractivity contribution is -0.136. The van der Waals surface area contributed by atoms with E-state index in [2.05, 4.69) is 32.8 Å². The monoisotopic (exact) mass is 550 g/mol. The third-order valence-corrected chi connectivity index (χ3v) is 5.82. The van der Waals surface area contributed by atoms with Crippen molar-refractivity contribution in [3.8, 4) is 5.75 Å². The van der Waals surface area contributed by atoms with E-state index in [1.807, 2.05) is 12.1 Å². The fourth-order valence-electron chi connectivity index (χ4n) is 3.34. The van der Waals surface area contributed by atoms with E-state index in [-0.39, 0.29) is 35.8 Å². The summed E-state index contributed by atoms with van der Waals surface area (Å²) in [6.07, 6.45) is 1.34. The number of nitrogens with zero attached hydrogens (tertiary/aromatic N) is 1. The molecule has 0 spiro atoms. The molecule has 170 valence electrons. The Kier molecular flexibility index (Phi) is 9.63. The lowest BCUT2D eigenvalue weighted by Crippen LogP contribution is -2.36. The van der Waals surface area contributed by atoms with E-state index in [0.717, 1.165) is 42.8 Å². The normalized spacial score (nSPS) is 14.0. The first-order chi connectivity index (χ1) is 15.5. The first-order valence-corrected chi connectivity index (χ1v) is 11.8. The van der Waals surface area contributed by atoms with Crippen LogP contribution in [-0.2, 0) is 14.3 Å². The van der Waals surface area contributed by atoms with E-state index in [1.165, 1.54) is 0 Å². The third-order valence-electron chi connectivity index (χ3n) is 5.10. The second-order valence-electron chi connectivity index (χ2n) is 7.53. The van der Waals surface area contributed by atoms with Crippen LogP contribution in [0.25, 0.3) is 0 Å². The fourth-order valence-corrected chi connectivity index (χ4v) is 3.70. The Labute approximate surface area is 201 Å². The van der Waals surface area contributed by atoms with Crippen molar-refractivity contribution in [2.45, 2.75) is 25.7 Å². The fraction of sp³-hybridized carbons (Fsp3) is 0.375. The number of ketones is 1. The topological polar surface area (TPSA) is 84.9 Å². The van der Waals surface area contributed by atoms with E-state index < -0.39 is 5.97 Å². The van der Waals surface area contributed by atoms with Crippen molar-refractivity contribution < 1.29 is 23.9 Å². The van der Waals surface area contributed by atoms with Crippen LogP contribution in [0.5, 0.6) is 5.75 Å². The quantitative estimate of drug-likeness (QED) is 0.275. The maximum Gasteiger partial charge on any atom is 0.311 e. The zero-order valence-corrected chi connectivity index (χ0v) is 20.0. The maximum atomic E-state index is 12.6. The van der Waals surface area contributed by atoms with Crippen molar-refractivity contribution in [3.63, 3.8) is 0 Å². The van der Waals surface area contributed by atoms with Crippen molar-refractivity contribution in [1.82, 2.24) is 4.90 Å². The molecule has 3 rings (SSSR count). The number of hydrogen-bond donors (Lipinski definition) is 1. The van der Waals surface area contributed by atoms with E-state index in [4.69, 9.17) is 9.47 Å². The average molecular weight is 550 g/mol. The number of nitrogens with one attached hydrogen (secondary N) is 1. The molecule has 32 heavy (non-hydrogen) atoms. The van der Waals surface area contributed by atoms with Crippen LogP contribution in [0, 0.1) is 3.57 Å². The van der Waals surface area contributed by atoms with Gasteiger partial charge in [0, 0.05) is 35.2 Å². The van der Waals surface area contributed by atoms with Gasteiger partial charge in [-0.1, -0.05) is 12.1 Å². The summed E-state index contributed by atoms with van der Waals surface area (Å²) >= 11 is 2.19. The molecule has 8 heteroatoms. The van der Waals surface area contributed by atoms with Crippen LogP contribution in [0.4, 0.5) is 5.69 Å². The highest BCUT2D eigenvalue weighted by atomic mass is 127. The number of carbonyl (C=O) groups is 3. The molecule has 1 heterocycles. The lowest BCUT2D eigenvalue weighted by atomic mass is 10.1. The van der Waals surface area contributed by atoms with Gasteiger partial charge in [0.2, 0.25) is 0 Å². The second kappa shape index (κ2) is 12.7. The van der Waals surface area contributed by atoms with Gasteiger partial charge in [-0.15, -0.1) is 0 Å². The molecular formula is C24H27IN2O5.